The van der Waals surface area contributed by atoms with Gasteiger partial charge >= 0.3 is 6.09 Å². The maximum absolute atomic E-state index is 11.3. The molecule has 0 radical (unpaired) electrons. The molecule has 1 heterocycles. The fourth-order valence-corrected chi connectivity index (χ4v) is 1.55. The van der Waals surface area contributed by atoms with Crippen LogP contribution in [0.15, 0.2) is 11.4 Å². The lowest BCUT2D eigenvalue weighted by Gasteiger charge is -2.19. The molecule has 0 atom stereocenters. The predicted molar refractivity (Wildman–Crippen MR) is 60.4 cm³/mol. The number of carbonyl (C=O) groups is 1. The van der Waals surface area contributed by atoms with Gasteiger partial charge in [-0.1, -0.05) is 0 Å². The lowest BCUT2D eigenvalue weighted by molar-refractivity contribution is 0.0636. The highest BCUT2D eigenvalue weighted by Crippen LogP contribution is 2.26. The number of nitrogens with zero attached hydrogens (tertiary/aromatic N) is 1. The van der Waals surface area contributed by atoms with E-state index in [1.807, 2.05) is 0 Å². The van der Waals surface area contributed by atoms with Gasteiger partial charge in [0.2, 0.25) is 0 Å². The van der Waals surface area contributed by atoms with Crippen molar-refractivity contribution in [3.8, 4) is 0 Å². The highest BCUT2D eigenvalue weighted by Gasteiger charge is 2.16. The molecule has 5 heteroatoms. The maximum Gasteiger partial charge on any atom is 0.412 e. The van der Waals surface area contributed by atoms with Gasteiger partial charge in [0.1, 0.15) is 5.60 Å². The summed E-state index contributed by atoms with van der Waals surface area (Å²) in [5.41, 5.74) is 0.00955. The Hall–Kier alpha value is -1.54. The van der Waals surface area contributed by atoms with Crippen molar-refractivity contribution in [3.05, 3.63) is 22.9 Å². The van der Waals surface area contributed by atoms with E-state index in [2.05, 4.69) is 10.2 Å². The summed E-state index contributed by atoms with van der Waals surface area (Å²) in [4.78, 5) is 14.6. The van der Waals surface area contributed by atoms with E-state index in [-0.39, 0.29) is 0 Å². The van der Waals surface area contributed by atoms with Gasteiger partial charge in [-0.2, -0.15) is 0 Å². The fourth-order valence-electron chi connectivity index (χ4n) is 0.855. The average Bonchev–Trinajstić information content (AvgIpc) is 2.48. The van der Waals surface area contributed by atoms with Gasteiger partial charge in [0.25, 0.3) is 0 Å². The molecule has 1 rings (SSSR count). The highest BCUT2D eigenvalue weighted by molar-refractivity contribution is 7.14. The van der Waals surface area contributed by atoms with Crippen LogP contribution in [0.25, 0.3) is 4.85 Å². The normalized spacial score (nSPS) is 10.5. The van der Waals surface area contributed by atoms with Gasteiger partial charge in [0.05, 0.1) is 11.6 Å². The molecule has 0 saturated heterocycles. The van der Waals surface area contributed by atoms with Crippen LogP contribution in [0.1, 0.15) is 20.8 Å². The Morgan fingerprint density at radius 3 is 2.73 bits per heavy atom. The molecule has 0 aliphatic rings. The standard InChI is InChI=1S/C10H12N2O2S/c1-10(2,3)14-9(13)12-8-5-7(11-4)6-15-8/h5-6H,1-3H3,(H,12,13). The van der Waals surface area contributed by atoms with Crippen LogP contribution in [0.4, 0.5) is 15.5 Å². The summed E-state index contributed by atoms with van der Waals surface area (Å²) in [7, 11) is 0. The second kappa shape index (κ2) is 4.32. The number of rotatable bonds is 1. The van der Waals surface area contributed by atoms with Crippen LogP contribution in [-0.4, -0.2) is 11.7 Å². The lowest BCUT2D eigenvalue weighted by Crippen LogP contribution is -2.26. The van der Waals surface area contributed by atoms with Crippen LogP contribution in [-0.2, 0) is 4.74 Å². The largest absolute Gasteiger partial charge is 0.444 e. The minimum absolute atomic E-state index is 0.499. The lowest BCUT2D eigenvalue weighted by atomic mass is 10.2. The SMILES string of the molecule is [C-]#[N+]c1csc(NC(=O)OC(C)(C)C)c1. The van der Waals surface area contributed by atoms with Crippen molar-refractivity contribution in [1.29, 1.82) is 0 Å². The summed E-state index contributed by atoms with van der Waals surface area (Å²) < 4.78 is 5.06. The first-order valence-electron chi connectivity index (χ1n) is 4.37. The van der Waals surface area contributed by atoms with Gasteiger partial charge < -0.3 is 4.74 Å². The molecule has 80 valence electrons. The van der Waals surface area contributed by atoms with Crippen LogP contribution >= 0.6 is 11.3 Å². The predicted octanol–water partition coefficient (Wildman–Crippen LogP) is 3.65. The van der Waals surface area contributed by atoms with Crippen molar-refractivity contribution in [2.24, 2.45) is 0 Å². The number of carbonyl (C=O) groups excluding carboxylic acids is 1. The van der Waals surface area contributed by atoms with Gasteiger partial charge in [-0.15, -0.1) is 11.3 Å². The molecule has 0 saturated carbocycles. The van der Waals surface area contributed by atoms with Crippen molar-refractivity contribution >= 4 is 28.1 Å². The van der Waals surface area contributed by atoms with Crippen molar-refractivity contribution in [3.63, 3.8) is 0 Å². The van der Waals surface area contributed by atoms with Crippen LogP contribution in [0, 0.1) is 6.57 Å². The third-order valence-corrected chi connectivity index (χ3v) is 2.17. The number of nitrogens with one attached hydrogen (secondary N) is 1. The molecule has 1 amide bonds. The van der Waals surface area contributed by atoms with E-state index in [1.165, 1.54) is 11.3 Å². The van der Waals surface area contributed by atoms with E-state index < -0.39 is 11.7 Å². The first kappa shape index (κ1) is 11.5. The summed E-state index contributed by atoms with van der Waals surface area (Å²) >= 11 is 1.30. The van der Waals surface area contributed by atoms with E-state index in [0.29, 0.717) is 10.7 Å². The monoisotopic (exact) mass is 224 g/mol. The molecule has 1 aromatic heterocycles. The van der Waals surface area contributed by atoms with E-state index in [4.69, 9.17) is 11.3 Å². The van der Waals surface area contributed by atoms with E-state index in [0.717, 1.165) is 0 Å². The Morgan fingerprint density at radius 2 is 2.27 bits per heavy atom. The smallest absolute Gasteiger partial charge is 0.412 e. The van der Waals surface area contributed by atoms with E-state index >= 15 is 0 Å². The Morgan fingerprint density at radius 1 is 1.60 bits per heavy atom. The molecule has 1 N–H and O–H groups in total. The Labute approximate surface area is 92.7 Å². The van der Waals surface area contributed by atoms with Gasteiger partial charge in [0, 0.05) is 0 Å². The quantitative estimate of drug-likeness (QED) is 0.740. The summed E-state index contributed by atoms with van der Waals surface area (Å²) in [5, 5.41) is 4.87. The second-order valence-corrected chi connectivity index (χ2v) is 4.82. The van der Waals surface area contributed by atoms with Gasteiger partial charge in [0.15, 0.2) is 5.69 Å². The molecule has 0 aliphatic carbocycles. The minimum Gasteiger partial charge on any atom is -0.444 e. The number of ether oxygens (including phenoxy) is 1. The number of amides is 1. The summed E-state index contributed by atoms with van der Waals surface area (Å²) in [6.45, 7) is 12.2. The van der Waals surface area contributed by atoms with Crippen LogP contribution in [0.3, 0.4) is 0 Å². The fraction of sp³-hybridized carbons (Fsp3) is 0.400. The molecule has 4 nitrogen and oxygen atoms in total. The zero-order valence-electron chi connectivity index (χ0n) is 8.83. The molecule has 0 unspecified atom stereocenters. The van der Waals surface area contributed by atoms with Crippen molar-refractivity contribution in [1.82, 2.24) is 0 Å². The van der Waals surface area contributed by atoms with Crippen molar-refractivity contribution < 1.29 is 9.53 Å². The number of hydrogen-bond acceptors (Lipinski definition) is 3. The van der Waals surface area contributed by atoms with Crippen molar-refractivity contribution in [2.75, 3.05) is 5.32 Å². The Kier molecular flexibility index (Phi) is 3.32. The molecular formula is C10H12N2O2S. The van der Waals surface area contributed by atoms with Gasteiger partial charge in [-0.25, -0.2) is 9.64 Å². The van der Waals surface area contributed by atoms with E-state index in [9.17, 15) is 4.79 Å². The van der Waals surface area contributed by atoms with Gasteiger partial charge in [-0.3, -0.25) is 5.32 Å². The van der Waals surface area contributed by atoms with Gasteiger partial charge in [-0.05, 0) is 32.2 Å². The topological polar surface area (TPSA) is 42.7 Å². The highest BCUT2D eigenvalue weighted by atomic mass is 32.1. The molecular weight excluding hydrogens is 212 g/mol. The molecule has 0 aromatic carbocycles. The van der Waals surface area contributed by atoms with Crippen molar-refractivity contribution in [2.45, 2.75) is 26.4 Å². The first-order valence-corrected chi connectivity index (χ1v) is 5.25. The first-order chi connectivity index (χ1) is 6.90. The molecule has 15 heavy (non-hydrogen) atoms. The Balaban J connectivity index is 2.56. The zero-order chi connectivity index (χ0) is 11.5. The summed E-state index contributed by atoms with van der Waals surface area (Å²) in [6, 6.07) is 1.61. The molecule has 0 fully saturated rings. The van der Waals surface area contributed by atoms with E-state index in [1.54, 1.807) is 32.2 Å². The maximum atomic E-state index is 11.3. The van der Waals surface area contributed by atoms with Crippen LogP contribution in [0.5, 0.6) is 0 Å². The molecule has 0 spiro atoms. The third kappa shape index (κ3) is 4.00. The zero-order valence-corrected chi connectivity index (χ0v) is 9.64. The molecule has 1 aromatic rings. The van der Waals surface area contributed by atoms with Crippen LogP contribution in [0.2, 0.25) is 0 Å². The average molecular weight is 224 g/mol. The number of hydrogen-bond donors (Lipinski definition) is 1. The number of thiophene rings is 1. The summed E-state index contributed by atoms with van der Waals surface area (Å²) in [5.74, 6) is 0. The second-order valence-electron chi connectivity index (χ2n) is 3.91. The summed E-state index contributed by atoms with van der Waals surface area (Å²) in [6.07, 6.45) is -0.499. The Bertz CT molecular complexity index is 398. The third-order valence-electron chi connectivity index (χ3n) is 1.34. The number of anilines is 1. The minimum atomic E-state index is -0.510. The van der Waals surface area contributed by atoms with Crippen LogP contribution < -0.4 is 5.32 Å². The molecule has 0 bridgehead atoms. The molecule has 0 aliphatic heterocycles.